The van der Waals surface area contributed by atoms with Crippen LogP contribution in [0.3, 0.4) is 0 Å². The van der Waals surface area contributed by atoms with Crippen molar-refractivity contribution in [3.8, 4) is 0 Å². The third kappa shape index (κ3) is 11.5. The average molecular weight is 991 g/mol. The molecule has 20 N–H and O–H groups in total. The molecule has 6 rings (SSSR count). The molecule has 30 atom stereocenters. The van der Waals surface area contributed by atoms with Crippen LogP contribution in [0.5, 0.6) is 0 Å². The van der Waals surface area contributed by atoms with Crippen molar-refractivity contribution in [2.75, 3.05) is 39.6 Å². The maximum atomic E-state index is 11.6. The summed E-state index contributed by atoms with van der Waals surface area (Å²) in [5, 5.41) is 210. The first-order valence-corrected chi connectivity index (χ1v) is 21.1. The predicted molar refractivity (Wildman–Crippen MR) is 199 cm³/mol. The Morgan fingerprint density at radius 2 is 0.522 bits per heavy atom. The average Bonchev–Trinajstić information content (AvgIpc) is 3.31. The van der Waals surface area contributed by atoms with Gasteiger partial charge in [-0.15, -0.1) is 0 Å². The summed E-state index contributed by atoms with van der Waals surface area (Å²) < 4.78 is 60.5. The Hall–Kier alpha value is -1.24. The first-order chi connectivity index (χ1) is 31.7. The smallest absolute Gasteiger partial charge is 0.187 e. The van der Waals surface area contributed by atoms with Crippen molar-refractivity contribution < 1.29 is 154 Å². The quantitative estimate of drug-likeness (QED) is 0.0683. The van der Waals surface area contributed by atoms with Gasteiger partial charge in [0.05, 0.1) is 39.6 Å². The highest BCUT2D eigenvalue weighted by atomic mass is 16.8. The first kappa shape index (κ1) is 55.1. The molecule has 31 nitrogen and oxygen atoms in total. The van der Waals surface area contributed by atoms with Crippen molar-refractivity contribution >= 4 is 0 Å². The van der Waals surface area contributed by atoms with Crippen LogP contribution < -0.4 is 0 Å². The Balaban J connectivity index is 1.20. The van der Waals surface area contributed by atoms with E-state index in [-0.39, 0.29) is 0 Å². The van der Waals surface area contributed by atoms with Crippen LogP contribution in [-0.2, 0) is 52.1 Å². The molecule has 392 valence electrons. The number of hydrogen-bond acceptors (Lipinski definition) is 31. The Bertz CT molecular complexity index is 1500. The molecule has 67 heavy (non-hydrogen) atoms. The molecule has 29 unspecified atom stereocenters. The molecule has 0 bridgehead atoms. The summed E-state index contributed by atoms with van der Waals surface area (Å²) in [7, 11) is 0. The van der Waals surface area contributed by atoms with Gasteiger partial charge in [0.15, 0.2) is 37.7 Å². The van der Waals surface area contributed by atoms with Crippen LogP contribution in [0, 0.1) is 0 Å². The van der Waals surface area contributed by atoms with Gasteiger partial charge in [0, 0.05) is 0 Å². The second-order valence-electron chi connectivity index (χ2n) is 16.8. The van der Waals surface area contributed by atoms with Gasteiger partial charge in [0.1, 0.15) is 146 Å². The maximum Gasteiger partial charge on any atom is 0.187 e. The van der Waals surface area contributed by atoms with Crippen LogP contribution in [-0.4, -0.2) is 326 Å². The highest BCUT2D eigenvalue weighted by molar-refractivity contribution is 4.99. The van der Waals surface area contributed by atoms with Crippen LogP contribution in [0.2, 0.25) is 0 Å². The minimum absolute atomic E-state index is 0.790. The van der Waals surface area contributed by atoms with Crippen molar-refractivity contribution in [2.45, 2.75) is 184 Å². The van der Waals surface area contributed by atoms with E-state index < -0.39 is 224 Å². The van der Waals surface area contributed by atoms with Crippen LogP contribution in [0.1, 0.15) is 0 Å². The standard InChI is InChI=1S/C36H62O31/c37-1-7-13(41)19(47)22(50)32(60-7)57-5-11-17(45)28(25(53)31(56)59-11)65-35-26(54)29(16(44)10(4-40)63-35)67-36-27(55)30(66-34-24(52)21(49)15(43)9(3-39)62-34)18(46)12(64-36)6-58-33-23(51)20(48)14(42)8(2-38)61-33/h7-56H,1-6H2/t7?,8?,9?,10?,11?,12?,13?,14?,15?,16?,17?,18-,19?,20?,21?,22?,23?,24?,25?,26?,27?,28?,29?,30?,31?,32?,33?,34?,35?,36?/m0/s1. The molecule has 0 saturated carbocycles. The van der Waals surface area contributed by atoms with Gasteiger partial charge in [-0.05, 0) is 0 Å². The summed E-state index contributed by atoms with van der Waals surface area (Å²) in [6.07, 6.45) is -57.8. The van der Waals surface area contributed by atoms with Crippen molar-refractivity contribution in [3.63, 3.8) is 0 Å². The zero-order valence-corrected chi connectivity index (χ0v) is 35.0. The van der Waals surface area contributed by atoms with Crippen LogP contribution >= 0.6 is 0 Å². The molecular weight excluding hydrogens is 928 g/mol. The molecule has 6 fully saturated rings. The number of aliphatic hydroxyl groups is 20. The highest BCUT2D eigenvalue weighted by Crippen LogP contribution is 2.35. The zero-order valence-electron chi connectivity index (χ0n) is 35.0. The molecule has 6 saturated heterocycles. The lowest BCUT2D eigenvalue weighted by Gasteiger charge is -2.49. The summed E-state index contributed by atoms with van der Waals surface area (Å²) in [5.74, 6) is 0. The molecule has 0 radical (unpaired) electrons. The minimum Gasteiger partial charge on any atom is -0.394 e. The normalized spacial score (nSPS) is 53.4. The van der Waals surface area contributed by atoms with Crippen molar-refractivity contribution in [1.82, 2.24) is 0 Å². The van der Waals surface area contributed by atoms with E-state index in [0.29, 0.717) is 0 Å². The lowest BCUT2D eigenvalue weighted by molar-refractivity contribution is -0.393. The fourth-order valence-corrected chi connectivity index (χ4v) is 8.29. The summed E-state index contributed by atoms with van der Waals surface area (Å²) in [4.78, 5) is 0. The minimum atomic E-state index is -2.27. The highest BCUT2D eigenvalue weighted by Gasteiger charge is 2.56. The Morgan fingerprint density at radius 3 is 0.896 bits per heavy atom. The van der Waals surface area contributed by atoms with E-state index in [9.17, 15) is 102 Å². The molecule has 31 heteroatoms. The Morgan fingerprint density at radius 1 is 0.254 bits per heavy atom. The number of aliphatic hydroxyl groups excluding tert-OH is 20. The third-order valence-corrected chi connectivity index (χ3v) is 12.4. The molecule has 0 spiro atoms. The lowest BCUT2D eigenvalue weighted by atomic mass is 9.95. The van der Waals surface area contributed by atoms with E-state index in [0.717, 1.165) is 0 Å². The maximum absolute atomic E-state index is 11.6. The van der Waals surface area contributed by atoms with Gasteiger partial charge in [-0.2, -0.15) is 0 Å². The number of rotatable bonds is 16. The number of hydrogen-bond donors (Lipinski definition) is 20. The third-order valence-electron chi connectivity index (χ3n) is 12.4. The second-order valence-corrected chi connectivity index (χ2v) is 16.8. The van der Waals surface area contributed by atoms with E-state index >= 15 is 0 Å². The first-order valence-electron chi connectivity index (χ1n) is 21.1. The zero-order chi connectivity index (χ0) is 49.3. The van der Waals surface area contributed by atoms with Crippen LogP contribution in [0.15, 0.2) is 0 Å². The largest absolute Gasteiger partial charge is 0.394 e. The van der Waals surface area contributed by atoms with Crippen LogP contribution in [0.4, 0.5) is 0 Å². The van der Waals surface area contributed by atoms with E-state index in [1.54, 1.807) is 0 Å². The van der Waals surface area contributed by atoms with Gasteiger partial charge < -0.3 is 154 Å². The summed E-state index contributed by atoms with van der Waals surface area (Å²) in [6, 6.07) is 0. The fourth-order valence-electron chi connectivity index (χ4n) is 8.29. The van der Waals surface area contributed by atoms with Crippen molar-refractivity contribution in [1.29, 1.82) is 0 Å². The molecule has 0 aromatic rings. The SMILES string of the molecule is OCC1OC(OCC2OC(O)C(O)C(OC3OC(CO)C(O)C(OC4OC(COC5OC(CO)C(O)C(O)C5O)[C@H](O)C(OC5OC(CO)C(O)C(O)C5O)C4O)C3O)C2O)C(O)C(O)C1O. The van der Waals surface area contributed by atoms with E-state index in [4.69, 9.17) is 52.1 Å². The van der Waals surface area contributed by atoms with Crippen molar-refractivity contribution in [3.05, 3.63) is 0 Å². The Kier molecular flexibility index (Phi) is 19.4. The second kappa shape index (κ2) is 23.5. The molecule has 0 aromatic heterocycles. The predicted octanol–water partition coefficient (Wildman–Crippen LogP) is -14.1. The van der Waals surface area contributed by atoms with Gasteiger partial charge in [-0.3, -0.25) is 0 Å². The van der Waals surface area contributed by atoms with E-state index in [2.05, 4.69) is 0 Å². The van der Waals surface area contributed by atoms with Gasteiger partial charge in [0.25, 0.3) is 0 Å². The fraction of sp³-hybridized carbons (Fsp3) is 1.00. The topological polar surface area (TPSA) is 506 Å². The summed E-state index contributed by atoms with van der Waals surface area (Å²) >= 11 is 0. The lowest BCUT2D eigenvalue weighted by Crippen LogP contribution is -2.68. The molecule has 0 aromatic carbocycles. The molecule has 0 amide bonds. The van der Waals surface area contributed by atoms with E-state index in [1.165, 1.54) is 0 Å². The van der Waals surface area contributed by atoms with Crippen LogP contribution in [0.25, 0.3) is 0 Å². The monoisotopic (exact) mass is 990 g/mol. The Labute approximate surface area is 378 Å². The molecule has 6 aliphatic rings. The van der Waals surface area contributed by atoms with Crippen molar-refractivity contribution in [2.24, 2.45) is 0 Å². The molecule has 6 aliphatic heterocycles. The molecule has 6 heterocycles. The van der Waals surface area contributed by atoms with Gasteiger partial charge in [-0.1, -0.05) is 0 Å². The summed E-state index contributed by atoms with van der Waals surface area (Å²) in [5.41, 5.74) is 0. The molecular formula is C36H62O31. The van der Waals surface area contributed by atoms with Gasteiger partial charge in [-0.25, -0.2) is 0 Å². The number of ether oxygens (including phenoxy) is 11. The summed E-state index contributed by atoms with van der Waals surface area (Å²) in [6.45, 7) is -5.31. The van der Waals surface area contributed by atoms with Gasteiger partial charge >= 0.3 is 0 Å². The van der Waals surface area contributed by atoms with Gasteiger partial charge in [0.2, 0.25) is 0 Å². The molecule has 0 aliphatic carbocycles. The van der Waals surface area contributed by atoms with E-state index in [1.807, 2.05) is 0 Å².